The Bertz CT molecular complexity index is 370. The molecule has 0 saturated heterocycles. The van der Waals surface area contributed by atoms with Crippen LogP contribution in [-0.2, 0) is 4.74 Å². The molecule has 1 aromatic rings. The first-order chi connectivity index (χ1) is 8.25. The number of aromatic nitrogens is 2. The lowest BCUT2D eigenvalue weighted by atomic mass is 10.3. The van der Waals surface area contributed by atoms with Crippen molar-refractivity contribution in [2.75, 3.05) is 18.5 Å². The predicted molar refractivity (Wildman–Crippen MR) is 68.7 cm³/mol. The van der Waals surface area contributed by atoms with Gasteiger partial charge in [0.1, 0.15) is 10.8 Å². The van der Waals surface area contributed by atoms with Gasteiger partial charge in [0.25, 0.3) is 0 Å². The van der Waals surface area contributed by atoms with Gasteiger partial charge in [-0.1, -0.05) is 24.4 Å². The van der Waals surface area contributed by atoms with Crippen molar-refractivity contribution in [1.29, 1.82) is 0 Å². The zero-order chi connectivity index (χ0) is 12.1. The Morgan fingerprint density at radius 1 is 1.35 bits per heavy atom. The summed E-state index contributed by atoms with van der Waals surface area (Å²) in [6.45, 7) is 1.33. The Hall–Kier alpha value is -0.580. The van der Waals surface area contributed by atoms with Gasteiger partial charge < -0.3 is 10.1 Å². The van der Waals surface area contributed by atoms with Crippen LogP contribution in [0, 0.1) is 0 Å². The minimum Gasteiger partial charge on any atom is -0.376 e. The Morgan fingerprint density at radius 2 is 2.12 bits per heavy atom. The molecule has 6 heteroatoms. The highest BCUT2D eigenvalue weighted by Crippen LogP contribution is 2.21. The van der Waals surface area contributed by atoms with Gasteiger partial charge >= 0.3 is 0 Å². The van der Waals surface area contributed by atoms with E-state index in [4.69, 9.17) is 27.9 Å². The van der Waals surface area contributed by atoms with E-state index in [1.165, 1.54) is 31.9 Å². The molecule has 17 heavy (non-hydrogen) atoms. The predicted octanol–water partition coefficient (Wildman–Crippen LogP) is 3.15. The topological polar surface area (TPSA) is 47.0 Å². The summed E-state index contributed by atoms with van der Waals surface area (Å²) in [5, 5.41) is 3.74. The largest absolute Gasteiger partial charge is 0.376 e. The Kier molecular flexibility index (Phi) is 4.83. The van der Waals surface area contributed by atoms with E-state index >= 15 is 0 Å². The molecule has 0 spiro atoms. The number of nitrogens with zero attached hydrogens (tertiary/aromatic N) is 2. The lowest BCUT2D eigenvalue weighted by Gasteiger charge is -2.12. The van der Waals surface area contributed by atoms with Gasteiger partial charge in [-0.05, 0) is 24.4 Å². The first kappa shape index (κ1) is 12.9. The van der Waals surface area contributed by atoms with Gasteiger partial charge in [-0.15, -0.1) is 0 Å². The van der Waals surface area contributed by atoms with Crippen molar-refractivity contribution in [1.82, 2.24) is 9.97 Å². The summed E-state index contributed by atoms with van der Waals surface area (Å²) >= 11 is 11.6. The monoisotopic (exact) mass is 275 g/mol. The normalized spacial score (nSPS) is 16.4. The molecule has 0 bridgehead atoms. The molecule has 1 saturated carbocycles. The zero-order valence-electron chi connectivity index (χ0n) is 9.46. The van der Waals surface area contributed by atoms with E-state index in [0.29, 0.717) is 30.1 Å². The summed E-state index contributed by atoms with van der Waals surface area (Å²) in [6.07, 6.45) is 6.84. The van der Waals surface area contributed by atoms with Crippen LogP contribution >= 0.6 is 23.2 Å². The van der Waals surface area contributed by atoms with Crippen LogP contribution in [-0.4, -0.2) is 29.2 Å². The summed E-state index contributed by atoms with van der Waals surface area (Å²) in [6, 6.07) is 0. The maximum Gasteiger partial charge on any atom is 0.224 e. The van der Waals surface area contributed by atoms with E-state index in [2.05, 4.69) is 15.3 Å². The van der Waals surface area contributed by atoms with Crippen LogP contribution in [0.25, 0.3) is 0 Å². The second-order valence-corrected chi connectivity index (χ2v) is 4.78. The first-order valence-electron chi connectivity index (χ1n) is 5.79. The van der Waals surface area contributed by atoms with Gasteiger partial charge in [0, 0.05) is 6.54 Å². The van der Waals surface area contributed by atoms with E-state index in [-0.39, 0.29) is 5.28 Å². The fraction of sp³-hybridized carbons (Fsp3) is 0.636. The molecule has 0 amide bonds. The highest BCUT2D eigenvalue weighted by molar-refractivity contribution is 6.33. The summed E-state index contributed by atoms with van der Waals surface area (Å²) in [7, 11) is 0. The molecule has 1 aliphatic rings. The van der Waals surface area contributed by atoms with Gasteiger partial charge in [-0.2, -0.15) is 4.98 Å². The standard InChI is InChI=1S/C11H15Cl2N3O/c12-9-7-15-11(13)16-10(9)14-5-6-17-8-3-1-2-4-8/h7-8H,1-6H2,(H,14,15,16). The Morgan fingerprint density at radius 3 is 2.88 bits per heavy atom. The summed E-state index contributed by atoms with van der Waals surface area (Å²) in [5.74, 6) is 0.557. The smallest absolute Gasteiger partial charge is 0.224 e. The molecule has 0 unspecified atom stereocenters. The van der Waals surface area contributed by atoms with E-state index in [1.807, 2.05) is 0 Å². The maximum atomic E-state index is 5.92. The van der Waals surface area contributed by atoms with Crippen LogP contribution < -0.4 is 5.32 Å². The number of hydrogen-bond acceptors (Lipinski definition) is 4. The van der Waals surface area contributed by atoms with Crippen molar-refractivity contribution in [3.8, 4) is 0 Å². The fourth-order valence-electron chi connectivity index (χ4n) is 1.92. The molecule has 1 fully saturated rings. The summed E-state index contributed by atoms with van der Waals surface area (Å²) in [5.41, 5.74) is 0. The minimum atomic E-state index is 0.189. The molecule has 0 aliphatic heterocycles. The molecule has 94 valence electrons. The van der Waals surface area contributed by atoms with Gasteiger partial charge in [0.2, 0.25) is 5.28 Å². The molecular formula is C11H15Cl2N3O. The highest BCUT2D eigenvalue weighted by atomic mass is 35.5. The molecule has 0 atom stereocenters. The number of halogens is 2. The third-order valence-corrected chi connectivity index (χ3v) is 3.22. The minimum absolute atomic E-state index is 0.189. The number of nitrogens with one attached hydrogen (secondary N) is 1. The van der Waals surface area contributed by atoms with Gasteiger partial charge in [0.15, 0.2) is 0 Å². The second-order valence-electron chi connectivity index (χ2n) is 4.04. The van der Waals surface area contributed by atoms with E-state index in [0.717, 1.165) is 0 Å². The Labute approximate surface area is 111 Å². The molecule has 1 N–H and O–H groups in total. The third kappa shape index (κ3) is 3.98. The highest BCUT2D eigenvalue weighted by Gasteiger charge is 2.14. The number of ether oxygens (including phenoxy) is 1. The van der Waals surface area contributed by atoms with Crippen molar-refractivity contribution in [3.63, 3.8) is 0 Å². The Balaban J connectivity index is 1.72. The van der Waals surface area contributed by atoms with Gasteiger partial charge in [-0.3, -0.25) is 0 Å². The third-order valence-electron chi connectivity index (χ3n) is 2.76. The lowest BCUT2D eigenvalue weighted by Crippen LogP contribution is -2.16. The molecule has 1 aromatic heterocycles. The number of anilines is 1. The summed E-state index contributed by atoms with van der Waals surface area (Å²) in [4.78, 5) is 7.78. The molecule has 1 aliphatic carbocycles. The number of rotatable bonds is 5. The second kappa shape index (κ2) is 6.38. The molecule has 0 radical (unpaired) electrons. The average molecular weight is 276 g/mol. The maximum absolute atomic E-state index is 5.92. The molecule has 0 aromatic carbocycles. The number of hydrogen-bond donors (Lipinski definition) is 1. The van der Waals surface area contributed by atoms with Crippen molar-refractivity contribution < 1.29 is 4.74 Å². The summed E-state index contributed by atoms with van der Waals surface area (Å²) < 4.78 is 5.71. The molecular weight excluding hydrogens is 261 g/mol. The van der Waals surface area contributed by atoms with Crippen molar-refractivity contribution in [3.05, 3.63) is 16.5 Å². The van der Waals surface area contributed by atoms with Crippen LogP contribution in [0.1, 0.15) is 25.7 Å². The quantitative estimate of drug-likeness (QED) is 0.663. The lowest BCUT2D eigenvalue weighted by molar-refractivity contribution is 0.0658. The van der Waals surface area contributed by atoms with Crippen LogP contribution in [0.3, 0.4) is 0 Å². The van der Waals surface area contributed by atoms with Gasteiger partial charge in [-0.25, -0.2) is 4.98 Å². The van der Waals surface area contributed by atoms with Crippen molar-refractivity contribution >= 4 is 29.0 Å². The average Bonchev–Trinajstić information content (AvgIpc) is 2.82. The van der Waals surface area contributed by atoms with Crippen LogP contribution in [0.5, 0.6) is 0 Å². The molecule has 4 nitrogen and oxygen atoms in total. The van der Waals surface area contributed by atoms with Gasteiger partial charge in [0.05, 0.1) is 18.9 Å². The fourth-order valence-corrected chi connectivity index (χ4v) is 2.21. The molecule has 1 heterocycles. The van der Waals surface area contributed by atoms with Crippen molar-refractivity contribution in [2.45, 2.75) is 31.8 Å². The van der Waals surface area contributed by atoms with Crippen LogP contribution in [0.15, 0.2) is 6.20 Å². The van der Waals surface area contributed by atoms with E-state index in [1.54, 1.807) is 0 Å². The zero-order valence-corrected chi connectivity index (χ0v) is 11.0. The SMILES string of the molecule is Clc1ncc(Cl)c(NCCOC2CCCC2)n1. The van der Waals surface area contributed by atoms with Crippen molar-refractivity contribution in [2.24, 2.45) is 0 Å². The van der Waals surface area contributed by atoms with E-state index < -0.39 is 0 Å². The van der Waals surface area contributed by atoms with Crippen LogP contribution in [0.2, 0.25) is 10.3 Å². The van der Waals surface area contributed by atoms with Crippen LogP contribution in [0.4, 0.5) is 5.82 Å². The first-order valence-corrected chi connectivity index (χ1v) is 6.55. The molecule has 2 rings (SSSR count). The van der Waals surface area contributed by atoms with E-state index in [9.17, 15) is 0 Å².